The third-order valence-electron chi connectivity index (χ3n) is 2.68. The Morgan fingerprint density at radius 1 is 1.05 bits per heavy atom. The first kappa shape index (κ1) is 19.0. The molecule has 0 saturated carbocycles. The first-order valence-corrected chi connectivity index (χ1v) is 6.32. The Morgan fingerprint density at radius 2 is 1.48 bits per heavy atom. The lowest BCUT2D eigenvalue weighted by atomic mass is 10.1. The number of carbonyl (C=O) groups is 2. The number of aliphatic carboxylic acids is 2. The Morgan fingerprint density at radius 3 is 1.81 bits per heavy atom. The lowest BCUT2D eigenvalue weighted by Gasteiger charge is -2.08. The molecular formula is C14H21NO6. The minimum Gasteiger partial charge on any atom is -0.479 e. The molecule has 1 unspecified atom stereocenters. The Hall–Kier alpha value is -1.96. The van der Waals surface area contributed by atoms with Crippen LogP contribution in [0, 0.1) is 0 Å². The Bertz CT molecular complexity index is 418. The summed E-state index contributed by atoms with van der Waals surface area (Å²) in [6.07, 6.45) is -3.42. The fraction of sp³-hybridized carbons (Fsp3) is 0.429. The van der Waals surface area contributed by atoms with E-state index in [2.05, 4.69) is 36.5 Å². The van der Waals surface area contributed by atoms with Crippen molar-refractivity contribution in [2.24, 2.45) is 0 Å². The lowest BCUT2D eigenvalue weighted by Crippen LogP contribution is -2.39. The molecule has 7 nitrogen and oxygen atoms in total. The molecule has 0 aromatic heterocycles. The van der Waals surface area contributed by atoms with E-state index < -0.39 is 24.1 Å². The zero-order valence-corrected chi connectivity index (χ0v) is 11.9. The van der Waals surface area contributed by atoms with Crippen molar-refractivity contribution in [2.45, 2.75) is 31.6 Å². The third-order valence-corrected chi connectivity index (χ3v) is 2.68. The van der Waals surface area contributed by atoms with E-state index >= 15 is 0 Å². The van der Waals surface area contributed by atoms with Crippen LogP contribution in [0.1, 0.15) is 12.5 Å². The molecule has 0 radical (unpaired) electrons. The van der Waals surface area contributed by atoms with Gasteiger partial charge >= 0.3 is 11.9 Å². The van der Waals surface area contributed by atoms with Gasteiger partial charge < -0.3 is 25.7 Å². The summed E-state index contributed by atoms with van der Waals surface area (Å²) in [4.78, 5) is 19.5. The topological polar surface area (TPSA) is 127 Å². The van der Waals surface area contributed by atoms with Crippen molar-refractivity contribution >= 4 is 11.9 Å². The minimum atomic E-state index is -2.27. The van der Waals surface area contributed by atoms with Gasteiger partial charge in [-0.1, -0.05) is 30.3 Å². The van der Waals surface area contributed by atoms with Gasteiger partial charge in [0.2, 0.25) is 0 Å². The molecule has 1 aromatic rings. The van der Waals surface area contributed by atoms with E-state index in [0.717, 1.165) is 6.42 Å². The highest BCUT2D eigenvalue weighted by Gasteiger charge is 2.29. The van der Waals surface area contributed by atoms with Crippen LogP contribution in [-0.4, -0.2) is 57.7 Å². The average molecular weight is 299 g/mol. The van der Waals surface area contributed by atoms with Crippen LogP contribution in [0.2, 0.25) is 0 Å². The van der Waals surface area contributed by atoms with Crippen LogP contribution >= 0.6 is 0 Å². The molecule has 1 aromatic carbocycles. The summed E-state index contributed by atoms with van der Waals surface area (Å²) in [6.45, 7) is 2.19. The highest BCUT2D eigenvalue weighted by Crippen LogP contribution is 2.01. The zero-order chi connectivity index (χ0) is 16.4. The molecule has 0 aliphatic carbocycles. The van der Waals surface area contributed by atoms with Gasteiger partial charge in [-0.05, 0) is 26.0 Å². The molecule has 0 bridgehead atoms. The molecule has 5 N–H and O–H groups in total. The summed E-state index contributed by atoms with van der Waals surface area (Å²) in [5, 5.41) is 35.7. The van der Waals surface area contributed by atoms with Crippen LogP contribution in [0.15, 0.2) is 30.3 Å². The standard InChI is InChI=1S/C10H15N.C4H6O6/c1-9(11-2)8-10-6-4-3-5-7-10;5-1(3(7)8)2(6)4(9)10/h3-7,9,11H,8H2,1-2H3;1-2,5-6H,(H,7,8)(H,9,10)/t;1-,2-/m.1/s1. The van der Waals surface area contributed by atoms with Crippen LogP contribution in [0.3, 0.4) is 0 Å². The Balaban J connectivity index is 0.000000384. The molecule has 0 aliphatic heterocycles. The second-order valence-electron chi connectivity index (χ2n) is 4.45. The van der Waals surface area contributed by atoms with Crippen molar-refractivity contribution in [2.75, 3.05) is 7.05 Å². The van der Waals surface area contributed by atoms with E-state index in [0.29, 0.717) is 6.04 Å². The first-order chi connectivity index (χ1) is 9.79. The van der Waals surface area contributed by atoms with Crippen molar-refractivity contribution < 1.29 is 30.0 Å². The van der Waals surface area contributed by atoms with Crippen LogP contribution in [-0.2, 0) is 16.0 Å². The number of aliphatic hydroxyl groups excluding tert-OH is 2. The number of carboxylic acid groups (broad SMARTS) is 2. The van der Waals surface area contributed by atoms with Crippen molar-refractivity contribution in [3.8, 4) is 0 Å². The summed E-state index contributed by atoms with van der Waals surface area (Å²) in [6, 6.07) is 11.1. The van der Waals surface area contributed by atoms with E-state index in [1.807, 2.05) is 13.1 Å². The Labute approximate surface area is 122 Å². The third kappa shape index (κ3) is 8.03. The van der Waals surface area contributed by atoms with Crippen LogP contribution < -0.4 is 5.32 Å². The zero-order valence-electron chi connectivity index (χ0n) is 11.9. The predicted molar refractivity (Wildman–Crippen MR) is 76.0 cm³/mol. The van der Waals surface area contributed by atoms with Gasteiger partial charge in [0.1, 0.15) is 0 Å². The number of carboxylic acids is 2. The SMILES string of the molecule is CNC(C)Cc1ccccc1.O=C(O)[C@H](O)[C@@H](O)C(=O)O. The quantitative estimate of drug-likeness (QED) is 0.488. The first-order valence-electron chi connectivity index (χ1n) is 6.32. The fourth-order valence-electron chi connectivity index (χ4n) is 1.34. The number of hydrogen-bond donors (Lipinski definition) is 5. The summed E-state index contributed by atoms with van der Waals surface area (Å²) >= 11 is 0. The normalized spacial score (nSPS) is 14.3. The summed E-state index contributed by atoms with van der Waals surface area (Å²) in [5.41, 5.74) is 1.40. The number of likely N-dealkylation sites (N-methyl/N-ethyl adjacent to an activating group) is 1. The maximum absolute atomic E-state index is 9.77. The minimum absolute atomic E-state index is 0.567. The summed E-state index contributed by atoms with van der Waals surface area (Å²) < 4.78 is 0. The molecule has 0 spiro atoms. The number of rotatable bonds is 6. The molecular weight excluding hydrogens is 278 g/mol. The summed E-state index contributed by atoms with van der Waals surface area (Å²) in [5.74, 6) is -3.54. The van der Waals surface area contributed by atoms with Gasteiger partial charge in [0.15, 0.2) is 12.2 Å². The van der Waals surface area contributed by atoms with Gasteiger partial charge in [-0.3, -0.25) is 0 Å². The van der Waals surface area contributed by atoms with Gasteiger partial charge in [-0.15, -0.1) is 0 Å². The number of hydrogen-bond acceptors (Lipinski definition) is 5. The van der Waals surface area contributed by atoms with Gasteiger partial charge in [0.25, 0.3) is 0 Å². The Kier molecular flexibility index (Phi) is 8.95. The highest BCUT2D eigenvalue weighted by molar-refractivity contribution is 5.83. The summed E-state index contributed by atoms with van der Waals surface area (Å²) in [7, 11) is 1.99. The fourth-order valence-corrected chi connectivity index (χ4v) is 1.34. The van der Waals surface area contributed by atoms with Gasteiger partial charge in [-0.2, -0.15) is 0 Å². The molecule has 7 heteroatoms. The molecule has 0 fully saturated rings. The van der Waals surface area contributed by atoms with E-state index in [9.17, 15) is 9.59 Å². The van der Waals surface area contributed by atoms with E-state index in [1.165, 1.54) is 5.56 Å². The predicted octanol–water partition coefficient (Wildman–Crippen LogP) is -0.286. The second-order valence-corrected chi connectivity index (χ2v) is 4.45. The van der Waals surface area contributed by atoms with Crippen LogP contribution in [0.4, 0.5) is 0 Å². The number of aliphatic hydroxyl groups is 2. The largest absolute Gasteiger partial charge is 0.479 e. The molecule has 0 amide bonds. The smallest absolute Gasteiger partial charge is 0.335 e. The van der Waals surface area contributed by atoms with Crippen LogP contribution in [0.25, 0.3) is 0 Å². The maximum atomic E-state index is 9.77. The van der Waals surface area contributed by atoms with E-state index in [1.54, 1.807) is 0 Å². The highest BCUT2D eigenvalue weighted by atomic mass is 16.4. The maximum Gasteiger partial charge on any atom is 0.335 e. The van der Waals surface area contributed by atoms with Gasteiger partial charge in [0, 0.05) is 6.04 Å². The van der Waals surface area contributed by atoms with Crippen molar-refractivity contribution in [1.82, 2.24) is 5.32 Å². The van der Waals surface area contributed by atoms with Crippen molar-refractivity contribution in [1.29, 1.82) is 0 Å². The molecule has 0 heterocycles. The van der Waals surface area contributed by atoms with Crippen molar-refractivity contribution in [3.05, 3.63) is 35.9 Å². The molecule has 21 heavy (non-hydrogen) atoms. The van der Waals surface area contributed by atoms with E-state index in [4.69, 9.17) is 20.4 Å². The molecule has 3 atom stereocenters. The molecule has 0 saturated heterocycles. The molecule has 0 aliphatic rings. The number of benzene rings is 1. The van der Waals surface area contributed by atoms with Crippen LogP contribution in [0.5, 0.6) is 0 Å². The lowest BCUT2D eigenvalue weighted by molar-refractivity contribution is -0.165. The molecule has 1 rings (SSSR count). The molecule has 118 valence electrons. The monoisotopic (exact) mass is 299 g/mol. The van der Waals surface area contributed by atoms with Gasteiger partial charge in [-0.25, -0.2) is 9.59 Å². The number of nitrogens with one attached hydrogen (secondary N) is 1. The van der Waals surface area contributed by atoms with E-state index in [-0.39, 0.29) is 0 Å². The van der Waals surface area contributed by atoms with Gasteiger partial charge in [0.05, 0.1) is 0 Å². The second kappa shape index (κ2) is 9.87. The van der Waals surface area contributed by atoms with Crippen molar-refractivity contribution in [3.63, 3.8) is 0 Å². The average Bonchev–Trinajstić information content (AvgIpc) is 2.47.